The molecule has 10 heteroatoms. The van der Waals surface area contributed by atoms with Crippen molar-refractivity contribution in [3.8, 4) is 11.4 Å². The summed E-state index contributed by atoms with van der Waals surface area (Å²) in [5.74, 6) is 0.431. The van der Waals surface area contributed by atoms with Crippen LogP contribution in [-0.4, -0.2) is 30.9 Å². The molecule has 2 aliphatic carbocycles. The van der Waals surface area contributed by atoms with E-state index >= 15 is 0 Å². The van der Waals surface area contributed by atoms with Crippen LogP contribution in [0.5, 0.6) is 0 Å². The minimum Gasteiger partial charge on any atom is -0.366 e. The van der Waals surface area contributed by atoms with Crippen molar-refractivity contribution >= 4 is 34.7 Å². The van der Waals surface area contributed by atoms with Gasteiger partial charge < -0.3 is 16.0 Å². The normalized spacial score (nSPS) is 16.4. The molecule has 2 aromatic carbocycles. The molecule has 2 aliphatic rings. The van der Waals surface area contributed by atoms with Crippen LogP contribution in [0, 0.1) is 11.8 Å². The number of carbonyl (C=O) groups is 2. The Balaban J connectivity index is 1.24. The second-order valence-corrected chi connectivity index (χ2v) is 12.5. The number of amides is 2. The fourth-order valence-corrected chi connectivity index (χ4v) is 6.71. The van der Waals surface area contributed by atoms with Crippen LogP contribution in [-0.2, 0) is 17.9 Å². The maximum absolute atomic E-state index is 13.8. The molecule has 0 atom stereocenters. The van der Waals surface area contributed by atoms with E-state index in [-0.39, 0.29) is 17.2 Å². The molecule has 2 aromatic heterocycles. The Morgan fingerprint density at radius 3 is 2.04 bits per heavy atom. The Morgan fingerprint density at radius 2 is 1.44 bits per heavy atom. The zero-order chi connectivity index (χ0) is 31.3. The zero-order valence-electron chi connectivity index (χ0n) is 25.5. The molecule has 0 saturated heterocycles. The molecule has 2 saturated carbocycles. The van der Waals surface area contributed by atoms with E-state index in [1.807, 2.05) is 24.3 Å². The average Bonchev–Trinajstić information content (AvgIpc) is 3.51. The zero-order valence-corrected chi connectivity index (χ0v) is 25.5. The van der Waals surface area contributed by atoms with Gasteiger partial charge in [-0.25, -0.2) is 9.78 Å². The SMILES string of the molecule is NC(=O)c1ccc(NC(=O)/C=C/c2ccc(-c3nc4c([nH]3)c(=O)n(CC3CCCCC3)c(=O)n4CC3CCCCC3)cc2)cc1. The van der Waals surface area contributed by atoms with Crippen molar-refractivity contribution in [3.05, 3.63) is 86.6 Å². The van der Waals surface area contributed by atoms with Crippen molar-refractivity contribution in [1.29, 1.82) is 0 Å². The number of nitrogens with zero attached hydrogens (tertiary/aromatic N) is 3. The first-order chi connectivity index (χ1) is 21.9. The number of imidazole rings is 1. The number of nitrogens with one attached hydrogen (secondary N) is 2. The number of primary amides is 1. The number of H-pyrrole nitrogens is 1. The van der Waals surface area contributed by atoms with Gasteiger partial charge in [0.25, 0.3) is 5.56 Å². The van der Waals surface area contributed by atoms with Crippen LogP contribution in [0.4, 0.5) is 5.69 Å². The summed E-state index contributed by atoms with van der Waals surface area (Å²) in [5.41, 5.74) is 8.02. The second kappa shape index (κ2) is 13.5. The molecule has 45 heavy (non-hydrogen) atoms. The molecule has 10 nitrogen and oxygen atoms in total. The largest absolute Gasteiger partial charge is 0.366 e. The van der Waals surface area contributed by atoms with Crippen molar-refractivity contribution in [2.45, 2.75) is 77.3 Å². The van der Waals surface area contributed by atoms with Crippen LogP contribution in [0.3, 0.4) is 0 Å². The first-order valence-corrected chi connectivity index (χ1v) is 16.1. The monoisotopic (exact) mass is 608 g/mol. The summed E-state index contributed by atoms with van der Waals surface area (Å²) in [4.78, 5) is 59.3. The number of benzene rings is 2. The molecule has 2 fully saturated rings. The molecule has 0 bridgehead atoms. The molecule has 2 heterocycles. The number of nitrogens with two attached hydrogens (primary N) is 1. The third-order valence-electron chi connectivity index (χ3n) is 9.24. The van der Waals surface area contributed by atoms with Crippen LogP contribution in [0.1, 0.15) is 80.1 Å². The van der Waals surface area contributed by atoms with Gasteiger partial charge in [-0.05, 0) is 73.4 Å². The van der Waals surface area contributed by atoms with Crippen LogP contribution in [0.15, 0.2) is 64.2 Å². The van der Waals surface area contributed by atoms with Crippen molar-refractivity contribution in [1.82, 2.24) is 19.1 Å². The van der Waals surface area contributed by atoms with Crippen LogP contribution in [0.2, 0.25) is 0 Å². The Kier molecular flexibility index (Phi) is 9.09. The highest BCUT2D eigenvalue weighted by Crippen LogP contribution is 2.27. The summed E-state index contributed by atoms with van der Waals surface area (Å²) in [7, 11) is 0. The Bertz CT molecular complexity index is 1820. The van der Waals surface area contributed by atoms with E-state index in [4.69, 9.17) is 10.7 Å². The third kappa shape index (κ3) is 7.00. The summed E-state index contributed by atoms with van der Waals surface area (Å²) in [6.07, 6.45) is 14.5. The Morgan fingerprint density at radius 1 is 0.844 bits per heavy atom. The maximum atomic E-state index is 13.8. The van der Waals surface area contributed by atoms with Crippen LogP contribution in [0.25, 0.3) is 28.6 Å². The number of rotatable bonds is 9. The summed E-state index contributed by atoms with van der Waals surface area (Å²) in [6.45, 7) is 1.03. The van der Waals surface area contributed by atoms with Gasteiger partial charge in [0.15, 0.2) is 5.65 Å². The van der Waals surface area contributed by atoms with Gasteiger partial charge in [-0.15, -0.1) is 0 Å². The number of hydrogen-bond donors (Lipinski definition) is 3. The molecule has 0 unspecified atom stereocenters. The first-order valence-electron chi connectivity index (χ1n) is 16.1. The predicted octanol–water partition coefficient (Wildman–Crippen LogP) is 5.46. The number of hydrogen-bond acceptors (Lipinski definition) is 5. The van der Waals surface area contributed by atoms with Crippen LogP contribution >= 0.6 is 0 Å². The van der Waals surface area contributed by atoms with Gasteiger partial charge in [0.2, 0.25) is 11.8 Å². The van der Waals surface area contributed by atoms with E-state index in [1.54, 1.807) is 34.9 Å². The number of fused-ring (bicyclic) bond motifs is 1. The van der Waals surface area contributed by atoms with E-state index in [0.29, 0.717) is 53.2 Å². The molecule has 0 radical (unpaired) electrons. The molecular weight excluding hydrogens is 568 g/mol. The van der Waals surface area contributed by atoms with Crippen molar-refractivity contribution < 1.29 is 9.59 Å². The van der Waals surface area contributed by atoms with Crippen molar-refractivity contribution in [2.75, 3.05) is 5.32 Å². The summed E-state index contributed by atoms with van der Waals surface area (Å²) in [5, 5.41) is 2.75. The second-order valence-electron chi connectivity index (χ2n) is 12.5. The third-order valence-corrected chi connectivity index (χ3v) is 9.24. The highest BCUT2D eigenvalue weighted by atomic mass is 16.2. The minimum absolute atomic E-state index is 0.246. The molecular formula is C35H40N6O4. The molecule has 0 spiro atoms. The lowest BCUT2D eigenvalue weighted by atomic mass is 9.89. The predicted molar refractivity (Wildman–Crippen MR) is 176 cm³/mol. The van der Waals surface area contributed by atoms with E-state index < -0.39 is 5.91 Å². The number of anilines is 1. The summed E-state index contributed by atoms with van der Waals surface area (Å²) >= 11 is 0. The van der Waals surface area contributed by atoms with E-state index in [9.17, 15) is 19.2 Å². The smallest absolute Gasteiger partial charge is 0.332 e. The fraction of sp³-hybridized carbons (Fsp3) is 0.400. The molecule has 4 aromatic rings. The minimum atomic E-state index is -0.528. The fourth-order valence-electron chi connectivity index (χ4n) is 6.71. The van der Waals surface area contributed by atoms with E-state index in [2.05, 4.69) is 10.3 Å². The number of aromatic nitrogens is 4. The first kappa shape index (κ1) is 30.3. The average molecular weight is 609 g/mol. The van der Waals surface area contributed by atoms with E-state index in [0.717, 1.165) is 49.7 Å². The molecule has 0 aliphatic heterocycles. The maximum Gasteiger partial charge on any atom is 0.332 e. The van der Waals surface area contributed by atoms with Gasteiger partial charge >= 0.3 is 5.69 Å². The molecule has 234 valence electrons. The Hall–Kier alpha value is -4.73. The van der Waals surface area contributed by atoms with Crippen LogP contribution < -0.4 is 22.3 Å². The number of carbonyl (C=O) groups excluding carboxylic acids is 2. The van der Waals surface area contributed by atoms with Gasteiger partial charge in [0.1, 0.15) is 11.3 Å². The lowest BCUT2D eigenvalue weighted by Crippen LogP contribution is -2.42. The molecule has 4 N–H and O–H groups in total. The molecule has 6 rings (SSSR count). The van der Waals surface area contributed by atoms with Gasteiger partial charge in [0, 0.05) is 36.0 Å². The standard InChI is InChI=1S/C35H40N6O4/c36-31(43)26-16-18-28(19-17-26)37-29(42)20-13-23-11-14-27(15-12-23)32-38-30-33(39-32)40(21-24-7-3-1-4-8-24)35(45)41(34(30)44)22-25-9-5-2-6-10-25/h11-20,24-25H,1-10,21-22H2,(H2,36,43)(H,37,42)(H,38,39)/b20-13+. The molecule has 2 amide bonds. The van der Waals surface area contributed by atoms with Gasteiger partial charge in [-0.3, -0.25) is 23.5 Å². The number of aromatic amines is 1. The van der Waals surface area contributed by atoms with Crippen molar-refractivity contribution in [3.63, 3.8) is 0 Å². The lowest BCUT2D eigenvalue weighted by Gasteiger charge is -2.24. The quantitative estimate of drug-likeness (QED) is 0.216. The summed E-state index contributed by atoms with van der Waals surface area (Å²) < 4.78 is 3.20. The van der Waals surface area contributed by atoms with Gasteiger partial charge in [-0.1, -0.05) is 62.8 Å². The lowest BCUT2D eigenvalue weighted by molar-refractivity contribution is -0.111. The summed E-state index contributed by atoms with van der Waals surface area (Å²) in [6, 6.07) is 13.8. The van der Waals surface area contributed by atoms with Crippen molar-refractivity contribution in [2.24, 2.45) is 17.6 Å². The highest BCUT2D eigenvalue weighted by Gasteiger charge is 2.24. The topological polar surface area (TPSA) is 145 Å². The Labute approximate surface area is 261 Å². The van der Waals surface area contributed by atoms with E-state index in [1.165, 1.54) is 36.3 Å². The highest BCUT2D eigenvalue weighted by molar-refractivity contribution is 6.02. The van der Waals surface area contributed by atoms with Gasteiger partial charge in [-0.2, -0.15) is 0 Å². The van der Waals surface area contributed by atoms with Gasteiger partial charge in [0.05, 0.1) is 0 Å².